The molecular formula is C50H61ClO7Si. The molecule has 1 saturated heterocycles. The van der Waals surface area contributed by atoms with Crippen molar-refractivity contribution in [1.29, 1.82) is 0 Å². The molecule has 0 aromatic heterocycles. The van der Waals surface area contributed by atoms with E-state index in [1.165, 1.54) is 0 Å². The summed E-state index contributed by atoms with van der Waals surface area (Å²) >= 11 is 6.97. The van der Waals surface area contributed by atoms with Gasteiger partial charge in [0, 0.05) is 10.6 Å². The second-order valence-electron chi connectivity index (χ2n) is 16.5. The maximum Gasteiger partial charge on any atom is 0.222 e. The fourth-order valence-electron chi connectivity index (χ4n) is 8.70. The zero-order valence-corrected chi connectivity index (χ0v) is 37.1. The van der Waals surface area contributed by atoms with Gasteiger partial charge in [-0.05, 0) is 56.6 Å². The molecule has 0 radical (unpaired) electrons. The third-order valence-electron chi connectivity index (χ3n) is 11.6. The fourth-order valence-corrected chi connectivity index (χ4v) is 14.3. The highest BCUT2D eigenvalue weighted by molar-refractivity contribution is 6.77. The molecule has 1 heterocycles. The lowest BCUT2D eigenvalue weighted by molar-refractivity contribution is -0.378. The van der Waals surface area contributed by atoms with Gasteiger partial charge in [-0.1, -0.05) is 181 Å². The summed E-state index contributed by atoms with van der Waals surface area (Å²) in [6, 6.07) is 45.4. The van der Waals surface area contributed by atoms with Crippen molar-refractivity contribution < 1.29 is 33.2 Å². The van der Waals surface area contributed by atoms with Gasteiger partial charge >= 0.3 is 0 Å². The molecule has 1 aliphatic rings. The van der Waals surface area contributed by atoms with Crippen molar-refractivity contribution in [3.63, 3.8) is 0 Å². The van der Waals surface area contributed by atoms with Crippen LogP contribution in [0.5, 0.6) is 0 Å². The Hall–Kier alpha value is -3.67. The molecule has 0 spiro atoms. The first-order chi connectivity index (χ1) is 28.5. The van der Waals surface area contributed by atoms with Crippen LogP contribution in [0.25, 0.3) is 0 Å². The third kappa shape index (κ3) is 11.2. The number of hydrogen-bond acceptors (Lipinski definition) is 7. The topological polar surface area (TPSA) is 75.6 Å². The van der Waals surface area contributed by atoms with Crippen molar-refractivity contribution in [2.45, 2.75) is 121 Å². The lowest BCUT2D eigenvalue weighted by Gasteiger charge is -2.50. The second-order valence-corrected chi connectivity index (χ2v) is 22.4. The first-order valence-electron chi connectivity index (χ1n) is 20.9. The Kier molecular flexibility index (Phi) is 16.1. The summed E-state index contributed by atoms with van der Waals surface area (Å²) in [5.41, 5.74) is 6.33. The molecule has 0 aliphatic carbocycles. The van der Waals surface area contributed by atoms with Gasteiger partial charge in [0.1, 0.15) is 24.4 Å². The van der Waals surface area contributed by atoms with Crippen LogP contribution in [-0.2, 0) is 66.9 Å². The average Bonchev–Trinajstić information content (AvgIpc) is 3.24. The van der Waals surface area contributed by atoms with Gasteiger partial charge in [0.25, 0.3) is 0 Å². The number of rotatable bonds is 20. The quantitative estimate of drug-likeness (QED) is 0.0783. The SMILES string of the molecule is CC(C)[Si](OCc1cc(C2(O)O[C@H](COCc3ccccc3)[C@@H](OCc3ccccc3)[C@H](OCc3ccccc3)[C@H]2OCc2ccccc2)ccc1Cl)(C(C)C)C(C)C. The van der Waals surface area contributed by atoms with Gasteiger partial charge in [-0.15, -0.1) is 0 Å². The zero-order valence-electron chi connectivity index (χ0n) is 35.3. The Morgan fingerprint density at radius 1 is 0.576 bits per heavy atom. The molecule has 314 valence electrons. The smallest absolute Gasteiger partial charge is 0.222 e. The predicted molar refractivity (Wildman–Crippen MR) is 237 cm³/mol. The van der Waals surface area contributed by atoms with Crippen LogP contribution in [0.3, 0.4) is 0 Å². The van der Waals surface area contributed by atoms with E-state index in [1.807, 2.05) is 140 Å². The number of benzene rings is 5. The minimum absolute atomic E-state index is 0.113. The Morgan fingerprint density at radius 3 is 1.49 bits per heavy atom. The van der Waals surface area contributed by atoms with Gasteiger partial charge in [0.15, 0.2) is 0 Å². The summed E-state index contributed by atoms with van der Waals surface area (Å²) in [5, 5.41) is 13.9. The Balaban J connectivity index is 1.42. The van der Waals surface area contributed by atoms with Crippen LogP contribution in [0.2, 0.25) is 21.6 Å². The van der Waals surface area contributed by atoms with Gasteiger partial charge in [-0.3, -0.25) is 0 Å². The van der Waals surface area contributed by atoms with E-state index in [9.17, 15) is 5.11 Å². The van der Waals surface area contributed by atoms with Crippen LogP contribution in [0.1, 0.15) is 74.9 Å². The molecule has 1 N–H and O–H groups in total. The highest BCUT2D eigenvalue weighted by Crippen LogP contribution is 2.45. The number of halogens is 1. The lowest BCUT2D eigenvalue weighted by Crippen LogP contribution is -2.65. The van der Waals surface area contributed by atoms with Crippen LogP contribution >= 0.6 is 11.6 Å². The molecule has 59 heavy (non-hydrogen) atoms. The first kappa shape index (κ1) is 44.9. The molecule has 7 nitrogen and oxygen atoms in total. The van der Waals surface area contributed by atoms with Crippen molar-refractivity contribution in [3.05, 3.63) is 178 Å². The van der Waals surface area contributed by atoms with E-state index in [-0.39, 0.29) is 26.4 Å². The van der Waals surface area contributed by atoms with Gasteiger partial charge in [-0.25, -0.2) is 0 Å². The van der Waals surface area contributed by atoms with Crippen molar-refractivity contribution in [3.8, 4) is 0 Å². The van der Waals surface area contributed by atoms with E-state index in [0.717, 1.165) is 27.8 Å². The minimum atomic E-state index is -2.26. The standard InChI is InChI=1S/C50H61ClO7Si/c1-36(2)59(37(3)4,38(5)6)57-34-43-29-44(27-28-45(43)51)50(52)49(56-33-42-25-17-10-18-26-42)48(55-32-41-23-15-9-16-24-41)47(54-31-40-21-13-8-14-22-40)46(58-50)35-53-30-39-19-11-7-12-20-39/h7-29,36-38,46-49,52H,30-35H2,1-6H3/t46-,47-,48+,49-,50?/m1/s1. The van der Waals surface area contributed by atoms with E-state index in [0.29, 0.717) is 40.4 Å². The first-order valence-corrected chi connectivity index (χ1v) is 23.4. The van der Waals surface area contributed by atoms with Crippen LogP contribution in [-0.4, -0.2) is 44.4 Å². The van der Waals surface area contributed by atoms with E-state index >= 15 is 0 Å². The highest BCUT2D eigenvalue weighted by Gasteiger charge is 2.57. The van der Waals surface area contributed by atoms with Crippen molar-refractivity contribution in [2.24, 2.45) is 0 Å². The molecule has 5 aromatic rings. The predicted octanol–water partition coefficient (Wildman–Crippen LogP) is 11.5. The Morgan fingerprint density at radius 2 is 1.02 bits per heavy atom. The van der Waals surface area contributed by atoms with E-state index in [2.05, 4.69) is 41.5 Å². The van der Waals surface area contributed by atoms with Gasteiger partial charge < -0.3 is 33.2 Å². The molecular weight excluding hydrogens is 776 g/mol. The normalized spacial score (nSPS) is 21.1. The molecule has 1 aliphatic heterocycles. The van der Waals surface area contributed by atoms with E-state index < -0.39 is 38.5 Å². The molecule has 1 fully saturated rings. The maximum absolute atomic E-state index is 13.3. The zero-order chi connectivity index (χ0) is 41.8. The molecule has 0 bridgehead atoms. The minimum Gasteiger partial charge on any atom is -0.412 e. The lowest BCUT2D eigenvalue weighted by atomic mass is 9.86. The number of aliphatic hydroxyl groups is 1. The van der Waals surface area contributed by atoms with Crippen molar-refractivity contribution in [1.82, 2.24) is 0 Å². The molecule has 1 unspecified atom stereocenters. The molecule has 6 rings (SSSR count). The van der Waals surface area contributed by atoms with E-state index in [1.54, 1.807) is 0 Å². The van der Waals surface area contributed by atoms with Crippen LogP contribution in [0, 0.1) is 0 Å². The monoisotopic (exact) mass is 836 g/mol. The van der Waals surface area contributed by atoms with Crippen molar-refractivity contribution in [2.75, 3.05) is 6.61 Å². The van der Waals surface area contributed by atoms with Gasteiger partial charge in [0.05, 0.1) is 39.6 Å². The maximum atomic E-state index is 13.3. The summed E-state index contributed by atoms with van der Waals surface area (Å²) in [6.45, 7) is 15.1. The number of hydrogen-bond donors (Lipinski definition) is 1. The van der Waals surface area contributed by atoms with Crippen molar-refractivity contribution >= 4 is 19.9 Å². The van der Waals surface area contributed by atoms with Gasteiger partial charge in [0.2, 0.25) is 14.1 Å². The summed E-state index contributed by atoms with van der Waals surface area (Å²) in [6.07, 6.45) is -3.35. The summed E-state index contributed by atoms with van der Waals surface area (Å²) in [5.74, 6) is -2.02. The largest absolute Gasteiger partial charge is 0.412 e. The fraction of sp³-hybridized carbons (Fsp3) is 0.400. The Bertz CT molecular complexity index is 1960. The molecule has 5 atom stereocenters. The van der Waals surface area contributed by atoms with E-state index in [4.69, 9.17) is 39.7 Å². The van der Waals surface area contributed by atoms with Crippen LogP contribution < -0.4 is 0 Å². The molecule has 5 aromatic carbocycles. The summed E-state index contributed by atoms with van der Waals surface area (Å²) < 4.78 is 41.0. The average molecular weight is 838 g/mol. The third-order valence-corrected chi connectivity index (χ3v) is 18.0. The van der Waals surface area contributed by atoms with Crippen LogP contribution in [0.4, 0.5) is 0 Å². The molecule has 0 saturated carbocycles. The summed E-state index contributed by atoms with van der Waals surface area (Å²) in [4.78, 5) is 0. The molecule has 9 heteroatoms. The number of ether oxygens (including phenoxy) is 5. The molecule has 0 amide bonds. The highest BCUT2D eigenvalue weighted by atomic mass is 35.5. The van der Waals surface area contributed by atoms with Gasteiger partial charge in [-0.2, -0.15) is 0 Å². The van der Waals surface area contributed by atoms with Crippen LogP contribution in [0.15, 0.2) is 140 Å². The second kappa shape index (κ2) is 21.2. The Labute approximate surface area is 357 Å². The summed E-state index contributed by atoms with van der Waals surface area (Å²) in [7, 11) is -2.26.